The first-order valence-electron chi connectivity index (χ1n) is 16.7. The Kier molecular flexibility index (Phi) is 19.1. The van der Waals surface area contributed by atoms with E-state index in [0.717, 1.165) is 17.9 Å². The van der Waals surface area contributed by atoms with Crippen LogP contribution in [-0.4, -0.2) is 134 Å². The monoisotopic (exact) mass is 665 g/mol. The van der Waals surface area contributed by atoms with Crippen molar-refractivity contribution in [1.29, 1.82) is 0 Å². The second-order valence-electron chi connectivity index (χ2n) is 10.9. The van der Waals surface area contributed by atoms with Crippen LogP contribution in [0.2, 0.25) is 0 Å². The van der Waals surface area contributed by atoms with Crippen molar-refractivity contribution < 1.29 is 52.3 Å². The van der Waals surface area contributed by atoms with Gasteiger partial charge in [-0.25, -0.2) is 0 Å². The molecule has 1 aromatic carbocycles. The lowest BCUT2D eigenvalue weighted by Gasteiger charge is -2.27. The number of benzene rings is 1. The standard InChI is InChI=1S/C33H51N3O11/c1-2-3-4-5-12-41-14-16-43-18-20-45-22-24-47-25-23-46-21-19-44-17-15-42-13-11-34-27-8-6-7-26-30(27)33(40)36(32(26)39)28-9-10-29(37)35-31(28)38/h6-8,28,34H,2-5,9-25H2,1H3,(H,35,37,38). The van der Waals surface area contributed by atoms with Gasteiger partial charge in [-0.2, -0.15) is 0 Å². The van der Waals surface area contributed by atoms with E-state index in [4.69, 9.17) is 33.2 Å². The second kappa shape index (κ2) is 23.4. The molecule has 1 unspecified atom stereocenters. The summed E-state index contributed by atoms with van der Waals surface area (Å²) < 4.78 is 38.5. The fourth-order valence-electron chi connectivity index (χ4n) is 4.97. The zero-order valence-corrected chi connectivity index (χ0v) is 27.6. The predicted molar refractivity (Wildman–Crippen MR) is 171 cm³/mol. The molecule has 0 radical (unpaired) electrons. The largest absolute Gasteiger partial charge is 0.382 e. The molecule has 0 spiro atoms. The molecule has 0 saturated carbocycles. The Bertz CT molecular complexity index is 1100. The fourth-order valence-corrected chi connectivity index (χ4v) is 4.97. The van der Waals surface area contributed by atoms with Crippen LogP contribution >= 0.6 is 0 Å². The lowest BCUT2D eigenvalue weighted by atomic mass is 10.0. The summed E-state index contributed by atoms with van der Waals surface area (Å²) in [6, 6.07) is 3.92. The van der Waals surface area contributed by atoms with E-state index in [2.05, 4.69) is 17.6 Å². The van der Waals surface area contributed by atoms with Gasteiger partial charge in [0, 0.05) is 25.3 Å². The third kappa shape index (κ3) is 14.0. The lowest BCUT2D eigenvalue weighted by molar-refractivity contribution is -0.136. The molecule has 264 valence electrons. The third-order valence-corrected chi connectivity index (χ3v) is 7.40. The van der Waals surface area contributed by atoms with Gasteiger partial charge in [0.15, 0.2) is 0 Å². The molecule has 4 amide bonds. The molecule has 2 aliphatic heterocycles. The summed E-state index contributed by atoms with van der Waals surface area (Å²) in [6.07, 6.45) is 5.01. The first-order chi connectivity index (χ1) is 23.0. The highest BCUT2D eigenvalue weighted by Crippen LogP contribution is 2.32. The second-order valence-corrected chi connectivity index (χ2v) is 10.9. The van der Waals surface area contributed by atoms with Crippen molar-refractivity contribution in [2.75, 3.05) is 104 Å². The molecule has 47 heavy (non-hydrogen) atoms. The molecule has 0 bridgehead atoms. The SMILES string of the molecule is CCCCCCOCCOCCOCCOCCOCCOCCOCCNc1cccc2c1C(=O)N(C1CCC(=O)NC1=O)C2=O. The number of hydrogen-bond acceptors (Lipinski definition) is 12. The van der Waals surface area contributed by atoms with Crippen LogP contribution in [0.3, 0.4) is 0 Å². The van der Waals surface area contributed by atoms with Gasteiger partial charge in [-0.1, -0.05) is 32.3 Å². The normalized spacial score (nSPS) is 16.2. The summed E-state index contributed by atoms with van der Waals surface area (Å²) >= 11 is 0. The van der Waals surface area contributed by atoms with E-state index in [1.165, 1.54) is 19.3 Å². The number of nitrogens with one attached hydrogen (secondary N) is 2. The molecule has 0 aromatic heterocycles. The van der Waals surface area contributed by atoms with Crippen LogP contribution in [0.5, 0.6) is 0 Å². The quantitative estimate of drug-likeness (QED) is 0.0994. The summed E-state index contributed by atoms with van der Waals surface area (Å²) in [4.78, 5) is 50.8. The topological polar surface area (TPSA) is 160 Å². The number of imide groups is 2. The maximum absolute atomic E-state index is 13.1. The van der Waals surface area contributed by atoms with Crippen LogP contribution < -0.4 is 10.6 Å². The van der Waals surface area contributed by atoms with Crippen molar-refractivity contribution in [3.63, 3.8) is 0 Å². The number of nitrogens with zero attached hydrogens (tertiary/aromatic N) is 1. The fraction of sp³-hybridized carbons (Fsp3) is 0.697. The Labute approximate surface area is 277 Å². The van der Waals surface area contributed by atoms with Crippen molar-refractivity contribution in [2.45, 2.75) is 51.5 Å². The average Bonchev–Trinajstić information content (AvgIpc) is 3.32. The first kappa shape index (κ1) is 38.5. The zero-order chi connectivity index (χ0) is 33.5. The molecule has 1 saturated heterocycles. The number of carbonyl (C=O) groups is 4. The third-order valence-electron chi connectivity index (χ3n) is 7.40. The van der Waals surface area contributed by atoms with Crippen LogP contribution in [0.15, 0.2) is 18.2 Å². The summed E-state index contributed by atoms with van der Waals surface area (Å²) in [5.74, 6) is -2.14. The molecule has 2 heterocycles. The summed E-state index contributed by atoms with van der Waals surface area (Å²) in [5, 5.41) is 5.33. The van der Waals surface area contributed by atoms with Crippen molar-refractivity contribution in [3.05, 3.63) is 29.3 Å². The van der Waals surface area contributed by atoms with Gasteiger partial charge in [-0.3, -0.25) is 29.4 Å². The Morgan fingerprint density at radius 2 is 1.21 bits per heavy atom. The van der Waals surface area contributed by atoms with E-state index < -0.39 is 29.7 Å². The number of piperidine rings is 1. The van der Waals surface area contributed by atoms with Gasteiger partial charge in [0.2, 0.25) is 11.8 Å². The number of fused-ring (bicyclic) bond motifs is 1. The van der Waals surface area contributed by atoms with Crippen LogP contribution in [0.4, 0.5) is 5.69 Å². The number of unbranched alkanes of at least 4 members (excludes halogenated alkanes) is 3. The van der Waals surface area contributed by atoms with E-state index in [0.29, 0.717) is 98.1 Å². The minimum atomic E-state index is -1.00. The van der Waals surface area contributed by atoms with Crippen molar-refractivity contribution in [3.8, 4) is 0 Å². The maximum atomic E-state index is 13.1. The molecule has 2 N–H and O–H groups in total. The predicted octanol–water partition coefficient (Wildman–Crippen LogP) is 2.20. The van der Waals surface area contributed by atoms with Crippen LogP contribution in [-0.2, 0) is 42.7 Å². The van der Waals surface area contributed by atoms with Gasteiger partial charge in [0.25, 0.3) is 11.8 Å². The van der Waals surface area contributed by atoms with Gasteiger partial charge in [-0.15, -0.1) is 0 Å². The Balaban J connectivity index is 1.09. The van der Waals surface area contributed by atoms with Crippen LogP contribution in [0.25, 0.3) is 0 Å². The summed E-state index contributed by atoms with van der Waals surface area (Å²) in [5.41, 5.74) is 0.929. The number of anilines is 1. The van der Waals surface area contributed by atoms with Gasteiger partial charge in [0.05, 0.1) is 97.0 Å². The van der Waals surface area contributed by atoms with Gasteiger partial charge in [-0.05, 0) is 25.0 Å². The molecule has 1 atom stereocenters. The van der Waals surface area contributed by atoms with E-state index in [1.54, 1.807) is 18.2 Å². The molecule has 0 aliphatic carbocycles. The molecule has 2 aliphatic rings. The highest BCUT2D eigenvalue weighted by Gasteiger charge is 2.45. The van der Waals surface area contributed by atoms with E-state index in [1.807, 2.05) is 0 Å². The highest BCUT2D eigenvalue weighted by molar-refractivity contribution is 6.25. The minimum absolute atomic E-state index is 0.0718. The number of carbonyl (C=O) groups excluding carboxylic acids is 4. The van der Waals surface area contributed by atoms with Crippen LogP contribution in [0, 0.1) is 0 Å². The molecule has 1 aromatic rings. The van der Waals surface area contributed by atoms with Crippen molar-refractivity contribution in [1.82, 2.24) is 10.2 Å². The maximum Gasteiger partial charge on any atom is 0.264 e. The van der Waals surface area contributed by atoms with Crippen molar-refractivity contribution in [2.24, 2.45) is 0 Å². The number of amides is 4. The van der Waals surface area contributed by atoms with Crippen molar-refractivity contribution >= 4 is 29.3 Å². The average molecular weight is 666 g/mol. The van der Waals surface area contributed by atoms with Gasteiger partial charge >= 0.3 is 0 Å². The highest BCUT2D eigenvalue weighted by atomic mass is 16.6. The lowest BCUT2D eigenvalue weighted by Crippen LogP contribution is -2.54. The van der Waals surface area contributed by atoms with Gasteiger partial charge < -0.3 is 38.5 Å². The molecule has 3 rings (SSSR count). The van der Waals surface area contributed by atoms with E-state index in [-0.39, 0.29) is 24.0 Å². The number of hydrogen-bond donors (Lipinski definition) is 2. The number of rotatable bonds is 28. The Morgan fingerprint density at radius 1 is 0.681 bits per heavy atom. The zero-order valence-electron chi connectivity index (χ0n) is 27.6. The van der Waals surface area contributed by atoms with E-state index in [9.17, 15) is 19.2 Å². The molecular formula is C33H51N3O11. The minimum Gasteiger partial charge on any atom is -0.382 e. The molecule has 14 heteroatoms. The van der Waals surface area contributed by atoms with Crippen LogP contribution in [0.1, 0.15) is 66.2 Å². The Morgan fingerprint density at radius 3 is 1.74 bits per heavy atom. The Hall–Kier alpha value is -2.98. The summed E-state index contributed by atoms with van der Waals surface area (Å²) in [7, 11) is 0. The smallest absolute Gasteiger partial charge is 0.264 e. The first-order valence-corrected chi connectivity index (χ1v) is 16.7. The number of ether oxygens (including phenoxy) is 7. The van der Waals surface area contributed by atoms with Gasteiger partial charge in [0.1, 0.15) is 6.04 Å². The molecule has 1 fully saturated rings. The molecule has 14 nitrogen and oxygen atoms in total. The van der Waals surface area contributed by atoms with E-state index >= 15 is 0 Å². The summed E-state index contributed by atoms with van der Waals surface area (Å²) in [6.45, 7) is 9.64. The molecular weight excluding hydrogens is 614 g/mol.